The van der Waals surface area contributed by atoms with E-state index in [1.54, 1.807) is 13.2 Å². The summed E-state index contributed by atoms with van der Waals surface area (Å²) in [6.07, 6.45) is 1.45. The molecule has 1 unspecified atom stereocenters. The molecule has 2 aromatic carbocycles. The highest BCUT2D eigenvalue weighted by Gasteiger charge is 2.33. The Balaban J connectivity index is 1.27. The second-order valence-electron chi connectivity index (χ2n) is 8.08. The number of carbonyl (C=O) groups is 2. The Morgan fingerprint density at radius 3 is 2.76 bits per heavy atom. The van der Waals surface area contributed by atoms with E-state index in [1.807, 2.05) is 66.7 Å². The number of carbonyl (C=O) groups excluding carboxylic acids is 2. The Bertz CT molecular complexity index is 1230. The average molecular weight is 457 g/mol. The van der Waals surface area contributed by atoms with Crippen molar-refractivity contribution in [2.24, 2.45) is 4.99 Å². The molecular formula is C25H24N6O3. The van der Waals surface area contributed by atoms with Crippen molar-refractivity contribution in [3.05, 3.63) is 78.5 Å². The summed E-state index contributed by atoms with van der Waals surface area (Å²) in [5.74, 6) is 0.535. The van der Waals surface area contributed by atoms with Crippen LogP contribution < -0.4 is 25.8 Å². The largest absolute Gasteiger partial charge is 0.489 e. The molecular weight excluding hydrogens is 432 g/mol. The van der Waals surface area contributed by atoms with Crippen molar-refractivity contribution in [3.63, 3.8) is 0 Å². The van der Waals surface area contributed by atoms with E-state index >= 15 is 0 Å². The Kier molecular flexibility index (Phi) is 5.92. The standard InChI is InChI=1S/C25H24N6O3/c1-31-20-14-17(18-9-5-6-12-26-18)10-11-21(20)34-15-19(25(31)33)27-24(32)23-28-22(29-30-23)13-16-7-3-2-4-8-16/h2-12,14,19,23,30H,13,15H2,1H3,(H,27,32)(H,28,29)/t19-,23?/m1/s1. The second kappa shape index (κ2) is 9.32. The van der Waals surface area contributed by atoms with Gasteiger partial charge in [0.2, 0.25) is 0 Å². The number of fused-ring (bicyclic) bond motifs is 1. The van der Waals surface area contributed by atoms with E-state index in [1.165, 1.54) is 4.90 Å². The van der Waals surface area contributed by atoms with Crippen molar-refractivity contribution >= 4 is 23.3 Å². The van der Waals surface area contributed by atoms with E-state index in [0.717, 1.165) is 16.8 Å². The van der Waals surface area contributed by atoms with Gasteiger partial charge in [-0.1, -0.05) is 36.4 Å². The molecule has 0 radical (unpaired) electrons. The maximum Gasteiger partial charge on any atom is 0.262 e. The number of nitrogens with zero attached hydrogens (tertiary/aromatic N) is 3. The van der Waals surface area contributed by atoms with Crippen molar-refractivity contribution < 1.29 is 14.3 Å². The average Bonchev–Trinajstić information content (AvgIpc) is 3.31. The van der Waals surface area contributed by atoms with Crippen LogP contribution in [0.5, 0.6) is 5.75 Å². The van der Waals surface area contributed by atoms with Gasteiger partial charge in [0.1, 0.15) is 24.2 Å². The van der Waals surface area contributed by atoms with Crippen LogP contribution in [0.15, 0.2) is 77.9 Å². The molecule has 0 saturated heterocycles. The maximum atomic E-state index is 13.2. The Labute approximate surface area is 196 Å². The van der Waals surface area contributed by atoms with E-state index in [-0.39, 0.29) is 12.5 Å². The summed E-state index contributed by atoms with van der Waals surface area (Å²) in [5.41, 5.74) is 9.17. The number of ether oxygens (including phenoxy) is 1. The third-order valence-corrected chi connectivity index (χ3v) is 5.73. The Morgan fingerprint density at radius 2 is 1.97 bits per heavy atom. The molecule has 34 heavy (non-hydrogen) atoms. The minimum atomic E-state index is -0.849. The van der Waals surface area contributed by atoms with E-state index in [4.69, 9.17) is 4.74 Å². The predicted octanol–water partition coefficient (Wildman–Crippen LogP) is 1.66. The number of hydrogen-bond acceptors (Lipinski definition) is 7. The van der Waals surface area contributed by atoms with Crippen molar-refractivity contribution in [1.29, 1.82) is 0 Å². The summed E-state index contributed by atoms with van der Waals surface area (Å²) in [6.45, 7) is 0.0194. The van der Waals surface area contributed by atoms with Crippen LogP contribution in [0.3, 0.4) is 0 Å². The number of amides is 2. The molecule has 9 nitrogen and oxygen atoms in total. The molecule has 2 aliphatic heterocycles. The van der Waals surface area contributed by atoms with E-state index in [2.05, 4.69) is 26.1 Å². The van der Waals surface area contributed by atoms with Crippen LogP contribution in [0.4, 0.5) is 5.69 Å². The van der Waals surface area contributed by atoms with Gasteiger partial charge in [-0.15, -0.1) is 0 Å². The molecule has 0 aliphatic carbocycles. The minimum Gasteiger partial charge on any atom is -0.489 e. The molecule has 2 atom stereocenters. The summed E-state index contributed by atoms with van der Waals surface area (Å²) in [7, 11) is 1.67. The van der Waals surface area contributed by atoms with Gasteiger partial charge in [-0.25, -0.2) is 10.4 Å². The zero-order chi connectivity index (χ0) is 23.5. The fourth-order valence-electron chi connectivity index (χ4n) is 3.92. The summed E-state index contributed by atoms with van der Waals surface area (Å²) in [4.78, 5) is 36.3. The van der Waals surface area contributed by atoms with Crippen LogP contribution >= 0.6 is 0 Å². The van der Waals surface area contributed by atoms with Crippen LogP contribution in [-0.4, -0.2) is 48.5 Å². The van der Waals surface area contributed by atoms with Gasteiger partial charge < -0.3 is 20.4 Å². The predicted molar refractivity (Wildman–Crippen MR) is 128 cm³/mol. The zero-order valence-corrected chi connectivity index (χ0v) is 18.6. The first-order chi connectivity index (χ1) is 16.6. The number of anilines is 1. The highest BCUT2D eigenvalue weighted by molar-refractivity contribution is 6.02. The number of nitrogens with one attached hydrogen (secondary N) is 3. The lowest BCUT2D eigenvalue weighted by Crippen LogP contribution is -2.54. The number of rotatable bonds is 5. The molecule has 9 heteroatoms. The third-order valence-electron chi connectivity index (χ3n) is 5.73. The van der Waals surface area contributed by atoms with Gasteiger partial charge in [0, 0.05) is 25.2 Å². The molecule has 2 amide bonds. The van der Waals surface area contributed by atoms with Crippen LogP contribution in [0.2, 0.25) is 0 Å². The summed E-state index contributed by atoms with van der Waals surface area (Å²) in [6, 6.07) is 20.2. The molecule has 5 rings (SSSR count). The lowest BCUT2D eigenvalue weighted by atomic mass is 10.1. The Morgan fingerprint density at radius 1 is 1.15 bits per heavy atom. The number of aromatic nitrogens is 1. The summed E-state index contributed by atoms with van der Waals surface area (Å²) < 4.78 is 5.89. The van der Waals surface area contributed by atoms with Crippen LogP contribution in [0, 0.1) is 0 Å². The molecule has 0 bridgehead atoms. The van der Waals surface area contributed by atoms with E-state index in [0.29, 0.717) is 23.7 Å². The normalized spacial score (nSPS) is 19.4. The molecule has 0 spiro atoms. The number of pyridine rings is 1. The van der Waals surface area contributed by atoms with Crippen LogP contribution in [0.25, 0.3) is 11.3 Å². The monoisotopic (exact) mass is 456 g/mol. The van der Waals surface area contributed by atoms with Crippen molar-refractivity contribution in [1.82, 2.24) is 21.2 Å². The van der Waals surface area contributed by atoms with Gasteiger partial charge in [0.25, 0.3) is 11.8 Å². The highest BCUT2D eigenvalue weighted by atomic mass is 16.5. The number of hydrazine groups is 1. The molecule has 3 N–H and O–H groups in total. The highest BCUT2D eigenvalue weighted by Crippen LogP contribution is 2.34. The zero-order valence-electron chi connectivity index (χ0n) is 18.6. The first kappa shape index (κ1) is 21.6. The molecule has 0 fully saturated rings. The SMILES string of the molecule is CN1C(=O)[C@H](NC(=O)C2N=C(Cc3ccccc3)NN2)COc2ccc(-c3ccccn3)cc21. The lowest BCUT2D eigenvalue weighted by Gasteiger charge is -2.21. The Hall–Kier alpha value is -4.24. The fraction of sp³-hybridized carbons (Fsp3) is 0.200. The molecule has 3 aromatic rings. The van der Waals surface area contributed by atoms with Crippen LogP contribution in [0.1, 0.15) is 5.56 Å². The minimum absolute atomic E-state index is 0.0194. The van der Waals surface area contributed by atoms with Gasteiger partial charge in [0.15, 0.2) is 6.17 Å². The number of likely N-dealkylation sites (N-methyl/N-ethyl adjacent to an activating group) is 1. The van der Waals surface area contributed by atoms with Gasteiger partial charge in [-0.05, 0) is 35.9 Å². The van der Waals surface area contributed by atoms with Gasteiger partial charge >= 0.3 is 0 Å². The quantitative estimate of drug-likeness (QED) is 0.539. The fourth-order valence-corrected chi connectivity index (χ4v) is 3.92. The molecule has 0 saturated carbocycles. The number of aliphatic imine (C=N–C) groups is 1. The topological polar surface area (TPSA) is 108 Å². The first-order valence-electron chi connectivity index (χ1n) is 11.0. The molecule has 172 valence electrons. The maximum absolute atomic E-state index is 13.2. The number of hydrogen-bond donors (Lipinski definition) is 3. The van der Waals surface area contributed by atoms with E-state index in [9.17, 15) is 9.59 Å². The van der Waals surface area contributed by atoms with Crippen molar-refractivity contribution in [3.8, 4) is 17.0 Å². The van der Waals surface area contributed by atoms with Gasteiger partial charge in [0.05, 0.1) is 11.4 Å². The molecule has 1 aromatic heterocycles. The van der Waals surface area contributed by atoms with Crippen molar-refractivity contribution in [2.45, 2.75) is 18.6 Å². The van der Waals surface area contributed by atoms with E-state index < -0.39 is 18.1 Å². The smallest absolute Gasteiger partial charge is 0.262 e. The van der Waals surface area contributed by atoms with Crippen molar-refractivity contribution in [2.75, 3.05) is 18.6 Å². The third kappa shape index (κ3) is 4.46. The van der Waals surface area contributed by atoms with Gasteiger partial charge in [-0.3, -0.25) is 14.6 Å². The van der Waals surface area contributed by atoms with Crippen LogP contribution in [-0.2, 0) is 16.0 Å². The molecule has 2 aliphatic rings. The summed E-state index contributed by atoms with van der Waals surface area (Å²) >= 11 is 0. The summed E-state index contributed by atoms with van der Waals surface area (Å²) in [5, 5.41) is 2.77. The second-order valence-corrected chi connectivity index (χ2v) is 8.08. The lowest BCUT2D eigenvalue weighted by molar-refractivity contribution is -0.129. The molecule has 3 heterocycles. The first-order valence-corrected chi connectivity index (χ1v) is 11.0. The number of amidine groups is 1. The van der Waals surface area contributed by atoms with Gasteiger partial charge in [-0.2, -0.15) is 0 Å². The number of benzene rings is 2.